The smallest absolute Gasteiger partial charge is 0.292 e. The highest BCUT2D eigenvalue weighted by molar-refractivity contribution is 6.34. The number of hydrogen-bond donors (Lipinski definition) is 2. The van der Waals surface area contributed by atoms with Crippen molar-refractivity contribution in [3.05, 3.63) is 64.6 Å². The Hall–Kier alpha value is -4.56. The topological polar surface area (TPSA) is 128 Å². The third kappa shape index (κ3) is 9.48. The molecule has 1 aliphatic rings. The van der Waals surface area contributed by atoms with Gasteiger partial charge >= 0.3 is 0 Å². The van der Waals surface area contributed by atoms with Gasteiger partial charge < -0.3 is 34.1 Å². The number of nitrogens with zero attached hydrogens (tertiary/aromatic N) is 4. The van der Waals surface area contributed by atoms with Crippen LogP contribution in [0.3, 0.4) is 0 Å². The lowest BCUT2D eigenvalue weighted by Crippen LogP contribution is -3.05. The SMILES string of the molecule is COC=O.COc1ccc(-c2cnc(C(=O)Nc3ccc(C(=O)N4CCN(C(=O)CCCC[NH+](C)C)CC4)c(Cl)c3)n2C)c(F)c1F. The van der Waals surface area contributed by atoms with Gasteiger partial charge in [0.05, 0.1) is 57.3 Å². The van der Waals surface area contributed by atoms with Gasteiger partial charge in [-0.3, -0.25) is 19.2 Å². The minimum Gasteiger partial charge on any atom is -0.494 e. The second-order valence-electron chi connectivity index (χ2n) is 11.0. The second kappa shape index (κ2) is 17.4. The molecule has 3 aromatic rings. The third-order valence-electron chi connectivity index (χ3n) is 7.52. The Morgan fingerprint density at radius 1 is 1.02 bits per heavy atom. The quantitative estimate of drug-likeness (QED) is 0.236. The Labute approximate surface area is 277 Å². The van der Waals surface area contributed by atoms with Crippen LogP contribution in [0.15, 0.2) is 36.5 Å². The number of nitrogens with one attached hydrogen (secondary N) is 2. The molecule has 47 heavy (non-hydrogen) atoms. The summed E-state index contributed by atoms with van der Waals surface area (Å²) in [4.78, 5) is 56.5. The van der Waals surface area contributed by atoms with Gasteiger partial charge in [-0.05, 0) is 43.2 Å². The molecule has 0 spiro atoms. The van der Waals surface area contributed by atoms with Crippen LogP contribution < -0.4 is 15.0 Å². The standard InChI is InChI=1S/C30H35ClF2N6O4.C2H4O2/c1-36(2)12-6-5-7-25(40)38-13-15-39(16-14-38)30(42)20-9-8-19(17-22(20)31)35-29(41)28-34-18-23(37(28)3)21-10-11-24(43-4)27(33)26(21)32;1-4-2-3/h8-11,17-18H,5-7,12-16H2,1-4H3,(H,35,41);2H,1H3/p+1. The maximum absolute atomic E-state index is 14.6. The van der Waals surface area contributed by atoms with Crippen LogP contribution in [-0.4, -0.2) is 105 Å². The molecule has 2 heterocycles. The number of benzene rings is 2. The van der Waals surface area contributed by atoms with E-state index in [0.29, 0.717) is 44.8 Å². The number of quaternary nitrogens is 1. The first-order valence-electron chi connectivity index (χ1n) is 14.9. The lowest BCUT2D eigenvalue weighted by Gasteiger charge is -2.35. The zero-order chi connectivity index (χ0) is 34.7. The van der Waals surface area contributed by atoms with Crippen LogP contribution >= 0.6 is 11.6 Å². The summed E-state index contributed by atoms with van der Waals surface area (Å²) >= 11 is 6.44. The lowest BCUT2D eigenvalue weighted by atomic mass is 10.1. The second-order valence-corrected chi connectivity index (χ2v) is 11.4. The average Bonchev–Trinajstić information content (AvgIpc) is 3.44. The van der Waals surface area contributed by atoms with E-state index in [-0.39, 0.29) is 45.2 Å². The molecule has 0 aliphatic carbocycles. The normalized spacial score (nSPS) is 12.7. The van der Waals surface area contributed by atoms with Gasteiger partial charge in [0.2, 0.25) is 11.7 Å². The van der Waals surface area contributed by atoms with Crippen molar-refractivity contribution in [1.29, 1.82) is 0 Å². The van der Waals surface area contributed by atoms with Gasteiger partial charge in [-0.2, -0.15) is 4.39 Å². The number of anilines is 1. The van der Waals surface area contributed by atoms with Crippen LogP contribution in [0.2, 0.25) is 5.02 Å². The van der Waals surface area contributed by atoms with Crippen molar-refractivity contribution >= 4 is 41.5 Å². The number of aromatic nitrogens is 2. The Kier molecular flexibility index (Phi) is 13.6. The monoisotopic (exact) mass is 677 g/mol. The molecular formula is C32H40ClF2N6O6+. The third-order valence-corrected chi connectivity index (χ3v) is 7.84. The summed E-state index contributed by atoms with van der Waals surface area (Å²) in [7, 11) is 8.23. The highest BCUT2D eigenvalue weighted by atomic mass is 35.5. The molecule has 15 heteroatoms. The summed E-state index contributed by atoms with van der Waals surface area (Å²) in [6.07, 6.45) is 3.63. The first-order chi connectivity index (χ1) is 22.4. The van der Waals surface area contributed by atoms with Crippen molar-refractivity contribution in [3.63, 3.8) is 0 Å². The fourth-order valence-electron chi connectivity index (χ4n) is 4.95. The molecule has 2 aromatic carbocycles. The predicted molar refractivity (Wildman–Crippen MR) is 172 cm³/mol. The average molecular weight is 678 g/mol. The minimum atomic E-state index is -1.14. The number of imidazole rings is 1. The van der Waals surface area contributed by atoms with Gasteiger partial charge in [0.1, 0.15) is 0 Å². The zero-order valence-electron chi connectivity index (χ0n) is 27.1. The molecule has 0 saturated carbocycles. The van der Waals surface area contributed by atoms with E-state index in [9.17, 15) is 23.2 Å². The van der Waals surface area contributed by atoms with Crippen LogP contribution in [0.25, 0.3) is 11.3 Å². The summed E-state index contributed by atoms with van der Waals surface area (Å²) < 4.78 is 38.9. The van der Waals surface area contributed by atoms with Crippen molar-refractivity contribution in [2.75, 3.05) is 66.4 Å². The maximum Gasteiger partial charge on any atom is 0.292 e. The van der Waals surface area contributed by atoms with E-state index in [4.69, 9.17) is 21.1 Å². The van der Waals surface area contributed by atoms with Crippen LogP contribution in [-0.2, 0) is 21.4 Å². The number of halogens is 3. The van der Waals surface area contributed by atoms with E-state index in [2.05, 4.69) is 29.1 Å². The van der Waals surface area contributed by atoms with Crippen LogP contribution in [0, 0.1) is 11.6 Å². The highest BCUT2D eigenvalue weighted by Crippen LogP contribution is 2.30. The molecule has 0 unspecified atom stereocenters. The van der Waals surface area contributed by atoms with Gasteiger partial charge in [-0.1, -0.05) is 11.6 Å². The molecule has 1 aromatic heterocycles. The van der Waals surface area contributed by atoms with E-state index < -0.39 is 17.5 Å². The van der Waals surface area contributed by atoms with Crippen molar-refractivity contribution in [2.24, 2.45) is 7.05 Å². The Morgan fingerprint density at radius 3 is 2.28 bits per heavy atom. The van der Waals surface area contributed by atoms with E-state index >= 15 is 0 Å². The molecule has 0 bridgehead atoms. The Bertz CT molecular complexity index is 1580. The molecule has 1 fully saturated rings. The molecule has 254 valence electrons. The largest absolute Gasteiger partial charge is 0.494 e. The number of hydrogen-bond acceptors (Lipinski definition) is 7. The Morgan fingerprint density at radius 2 is 1.68 bits per heavy atom. The summed E-state index contributed by atoms with van der Waals surface area (Å²) in [5.41, 5.74) is 0.713. The molecule has 12 nitrogen and oxygen atoms in total. The number of carbonyl (C=O) groups is 4. The number of methoxy groups -OCH3 is 2. The number of amides is 3. The van der Waals surface area contributed by atoms with Gasteiger partial charge in [-0.25, -0.2) is 9.37 Å². The highest BCUT2D eigenvalue weighted by Gasteiger charge is 2.26. The first-order valence-corrected chi connectivity index (χ1v) is 15.3. The van der Waals surface area contributed by atoms with Crippen molar-refractivity contribution in [2.45, 2.75) is 19.3 Å². The number of ether oxygens (including phenoxy) is 2. The van der Waals surface area contributed by atoms with E-state index in [1.54, 1.807) is 15.9 Å². The van der Waals surface area contributed by atoms with Crippen molar-refractivity contribution in [1.82, 2.24) is 19.4 Å². The Balaban J connectivity index is 0.00000142. The van der Waals surface area contributed by atoms with E-state index in [1.165, 1.54) is 61.2 Å². The van der Waals surface area contributed by atoms with E-state index in [0.717, 1.165) is 19.4 Å². The fourth-order valence-corrected chi connectivity index (χ4v) is 5.21. The predicted octanol–water partition coefficient (Wildman–Crippen LogP) is 2.67. The molecule has 2 N–H and O–H groups in total. The van der Waals surface area contributed by atoms with Gasteiger partial charge in [0.15, 0.2) is 17.4 Å². The molecular weight excluding hydrogens is 638 g/mol. The summed E-state index contributed by atoms with van der Waals surface area (Å²) in [6.45, 7) is 3.14. The number of piperazine rings is 1. The number of rotatable bonds is 11. The first kappa shape index (κ1) is 36.9. The molecule has 1 saturated heterocycles. The van der Waals surface area contributed by atoms with Crippen LogP contribution in [0.5, 0.6) is 5.75 Å². The maximum atomic E-state index is 14.6. The molecule has 0 atom stereocenters. The fraction of sp³-hybridized carbons (Fsp3) is 0.406. The number of unbranched alkanes of at least 4 members (excludes halogenated alkanes) is 1. The minimum absolute atomic E-state index is 0.0480. The van der Waals surface area contributed by atoms with Crippen molar-refractivity contribution in [3.8, 4) is 17.0 Å². The number of carbonyl (C=O) groups excluding carboxylic acids is 4. The zero-order valence-corrected chi connectivity index (χ0v) is 27.8. The molecule has 0 radical (unpaired) electrons. The molecule has 1 aliphatic heterocycles. The summed E-state index contributed by atoms with van der Waals surface area (Å²) in [5, 5.41) is 2.83. The summed E-state index contributed by atoms with van der Waals surface area (Å²) in [5.74, 6) is -3.30. The van der Waals surface area contributed by atoms with Gasteiger partial charge in [0, 0.05) is 50.9 Å². The van der Waals surface area contributed by atoms with Gasteiger partial charge in [0.25, 0.3) is 18.3 Å². The molecule has 4 rings (SSSR count). The van der Waals surface area contributed by atoms with Gasteiger partial charge in [-0.15, -0.1) is 0 Å². The summed E-state index contributed by atoms with van der Waals surface area (Å²) in [6, 6.07) is 7.18. The van der Waals surface area contributed by atoms with Crippen molar-refractivity contribution < 1.29 is 42.3 Å². The van der Waals surface area contributed by atoms with E-state index in [1.807, 2.05) is 0 Å². The molecule has 3 amide bonds. The van der Waals surface area contributed by atoms with Crippen LogP contribution in [0.4, 0.5) is 14.5 Å². The van der Waals surface area contributed by atoms with Crippen LogP contribution in [0.1, 0.15) is 40.2 Å². The lowest BCUT2D eigenvalue weighted by molar-refractivity contribution is -0.858.